The van der Waals surface area contributed by atoms with Crippen LogP contribution in [0.4, 0.5) is 5.82 Å². The van der Waals surface area contributed by atoms with Gasteiger partial charge in [-0.2, -0.15) is 0 Å². The molecule has 0 spiro atoms. The summed E-state index contributed by atoms with van der Waals surface area (Å²) in [5.41, 5.74) is 1.00. The molecule has 2 aromatic rings. The Labute approximate surface area is 189 Å². The van der Waals surface area contributed by atoms with Crippen LogP contribution >= 0.6 is 24.0 Å². The highest BCUT2D eigenvalue weighted by Crippen LogP contribution is 2.27. The van der Waals surface area contributed by atoms with Crippen LogP contribution in [0.25, 0.3) is 0 Å². The van der Waals surface area contributed by atoms with Crippen molar-refractivity contribution in [2.24, 2.45) is 4.99 Å². The number of benzene rings is 1. The summed E-state index contributed by atoms with van der Waals surface area (Å²) in [5, 5.41) is 13.2. The summed E-state index contributed by atoms with van der Waals surface area (Å²) in [4.78, 5) is 13.8. The summed E-state index contributed by atoms with van der Waals surface area (Å²) in [6.45, 7) is 9.45. The minimum atomic E-state index is 0. The molecular weight excluding hydrogens is 481 g/mol. The summed E-state index contributed by atoms with van der Waals surface area (Å²) in [6, 6.07) is 11.4. The van der Waals surface area contributed by atoms with Crippen LogP contribution in [0.1, 0.15) is 19.4 Å². The second-order valence-electron chi connectivity index (χ2n) is 6.57. The molecule has 1 saturated heterocycles. The zero-order valence-electron chi connectivity index (χ0n) is 17.0. The Hall–Kier alpha value is -2.23. The van der Waals surface area contributed by atoms with Crippen molar-refractivity contribution in [2.75, 3.05) is 44.2 Å². The predicted molar refractivity (Wildman–Crippen MR) is 128 cm³/mol. The number of hydrogen-bond donors (Lipinski definition) is 2. The van der Waals surface area contributed by atoms with Crippen LogP contribution in [0.5, 0.6) is 11.5 Å². The van der Waals surface area contributed by atoms with Crippen LogP contribution in [-0.4, -0.2) is 60.3 Å². The smallest absolute Gasteiger partial charge is 0.194 e. The number of phenolic OH excluding ortho intramolecular Hbond substituents is 1. The van der Waals surface area contributed by atoms with Gasteiger partial charge in [0.15, 0.2) is 17.5 Å². The highest BCUT2D eigenvalue weighted by atomic mass is 127. The molecule has 29 heavy (non-hydrogen) atoms. The first-order chi connectivity index (χ1) is 13.7. The predicted octanol–water partition coefficient (Wildman–Crippen LogP) is 3.09. The molecule has 0 bridgehead atoms. The van der Waals surface area contributed by atoms with Gasteiger partial charge in [-0.15, -0.1) is 24.0 Å². The fraction of sp³-hybridized carbons (Fsp3) is 0.429. The molecule has 1 aromatic carbocycles. The molecule has 0 atom stereocenters. The Bertz CT molecular complexity index is 780. The first-order valence-corrected chi connectivity index (χ1v) is 9.85. The molecule has 2 N–H and O–H groups in total. The molecule has 0 aliphatic carbocycles. The number of aromatic hydroxyl groups is 1. The van der Waals surface area contributed by atoms with Gasteiger partial charge in [-0.1, -0.05) is 12.1 Å². The summed E-state index contributed by atoms with van der Waals surface area (Å²) in [5.74, 6) is 2.60. The van der Waals surface area contributed by atoms with E-state index in [0.29, 0.717) is 18.9 Å². The number of aliphatic imine (C=N–C) groups is 1. The Morgan fingerprint density at radius 1 is 1.17 bits per heavy atom. The summed E-state index contributed by atoms with van der Waals surface area (Å²) < 4.78 is 5.47. The van der Waals surface area contributed by atoms with Gasteiger partial charge in [0.25, 0.3) is 0 Å². The van der Waals surface area contributed by atoms with Crippen molar-refractivity contribution < 1.29 is 9.84 Å². The standard InChI is InChI=1S/C21H29N5O2.HI/c1-3-22-21(24-16-17-8-9-18(27)19(15-17)28-4-2)26-13-11-25(12-14-26)20-7-5-6-10-23-20;/h5-10,15,27H,3-4,11-14,16H2,1-2H3,(H,22,24);1H. The first kappa shape index (κ1) is 23.1. The van der Waals surface area contributed by atoms with E-state index in [-0.39, 0.29) is 29.7 Å². The van der Waals surface area contributed by atoms with Crippen molar-refractivity contribution in [1.82, 2.24) is 15.2 Å². The van der Waals surface area contributed by atoms with Crippen LogP contribution in [0.2, 0.25) is 0 Å². The SMILES string of the molecule is CCNC(=NCc1ccc(O)c(OCC)c1)N1CCN(c2ccccn2)CC1.I. The maximum atomic E-state index is 9.86. The molecule has 0 amide bonds. The van der Waals surface area contributed by atoms with Crippen molar-refractivity contribution in [3.05, 3.63) is 48.2 Å². The third-order valence-electron chi connectivity index (χ3n) is 4.62. The van der Waals surface area contributed by atoms with Gasteiger partial charge < -0.3 is 25.0 Å². The number of phenols is 1. The van der Waals surface area contributed by atoms with Crippen molar-refractivity contribution >= 4 is 35.8 Å². The number of aromatic nitrogens is 1. The van der Waals surface area contributed by atoms with E-state index in [9.17, 15) is 5.11 Å². The number of guanidine groups is 1. The minimum Gasteiger partial charge on any atom is -0.504 e. The van der Waals surface area contributed by atoms with Crippen LogP contribution < -0.4 is 15.0 Å². The van der Waals surface area contributed by atoms with Gasteiger partial charge in [-0.3, -0.25) is 0 Å². The average Bonchev–Trinajstić information content (AvgIpc) is 2.74. The van der Waals surface area contributed by atoms with E-state index in [1.807, 2.05) is 37.4 Å². The number of pyridine rings is 1. The third kappa shape index (κ3) is 6.38. The van der Waals surface area contributed by atoms with Gasteiger partial charge in [0.2, 0.25) is 0 Å². The van der Waals surface area contributed by atoms with Crippen LogP contribution in [0, 0.1) is 0 Å². The molecule has 0 unspecified atom stereocenters. The maximum Gasteiger partial charge on any atom is 0.194 e. The second-order valence-corrected chi connectivity index (χ2v) is 6.57. The van der Waals surface area contributed by atoms with Crippen LogP contribution in [0.3, 0.4) is 0 Å². The van der Waals surface area contributed by atoms with E-state index in [4.69, 9.17) is 9.73 Å². The Morgan fingerprint density at radius 2 is 1.97 bits per heavy atom. The van der Waals surface area contributed by atoms with E-state index in [1.54, 1.807) is 6.07 Å². The molecule has 1 aliphatic rings. The summed E-state index contributed by atoms with van der Waals surface area (Å²) in [7, 11) is 0. The zero-order valence-corrected chi connectivity index (χ0v) is 19.4. The first-order valence-electron chi connectivity index (χ1n) is 9.85. The van der Waals surface area contributed by atoms with E-state index in [0.717, 1.165) is 50.1 Å². The van der Waals surface area contributed by atoms with Gasteiger partial charge in [0.1, 0.15) is 5.82 Å². The molecule has 3 rings (SSSR count). The molecular formula is C21H30IN5O2. The largest absolute Gasteiger partial charge is 0.504 e. The zero-order chi connectivity index (χ0) is 19.8. The number of hydrogen-bond acceptors (Lipinski definition) is 5. The molecule has 158 valence electrons. The maximum absolute atomic E-state index is 9.86. The lowest BCUT2D eigenvalue weighted by Crippen LogP contribution is -2.52. The number of ether oxygens (including phenoxy) is 1. The molecule has 2 heterocycles. The van der Waals surface area contributed by atoms with Crippen molar-refractivity contribution in [3.8, 4) is 11.5 Å². The van der Waals surface area contributed by atoms with Gasteiger partial charge in [0.05, 0.1) is 13.2 Å². The Balaban J connectivity index is 0.00000300. The molecule has 0 radical (unpaired) electrons. The Morgan fingerprint density at radius 3 is 2.62 bits per heavy atom. The second kappa shape index (κ2) is 11.7. The van der Waals surface area contributed by atoms with Gasteiger partial charge in [-0.25, -0.2) is 9.98 Å². The van der Waals surface area contributed by atoms with Gasteiger partial charge >= 0.3 is 0 Å². The summed E-state index contributed by atoms with van der Waals surface area (Å²) >= 11 is 0. The average molecular weight is 511 g/mol. The van der Waals surface area contributed by atoms with Gasteiger partial charge in [0, 0.05) is 38.9 Å². The normalized spacial score (nSPS) is 14.3. The monoisotopic (exact) mass is 511 g/mol. The molecule has 1 aromatic heterocycles. The quantitative estimate of drug-likeness (QED) is 0.353. The highest BCUT2D eigenvalue weighted by molar-refractivity contribution is 14.0. The van der Waals surface area contributed by atoms with Gasteiger partial charge in [-0.05, 0) is 43.7 Å². The van der Waals surface area contributed by atoms with Crippen LogP contribution in [0.15, 0.2) is 47.6 Å². The number of nitrogens with one attached hydrogen (secondary N) is 1. The molecule has 1 fully saturated rings. The van der Waals surface area contributed by atoms with E-state index >= 15 is 0 Å². The lowest BCUT2D eigenvalue weighted by atomic mass is 10.2. The molecule has 8 heteroatoms. The minimum absolute atomic E-state index is 0. The fourth-order valence-electron chi connectivity index (χ4n) is 3.21. The Kier molecular flexibility index (Phi) is 9.30. The lowest BCUT2D eigenvalue weighted by molar-refractivity contribution is 0.317. The van der Waals surface area contributed by atoms with Crippen molar-refractivity contribution in [1.29, 1.82) is 0 Å². The number of nitrogens with zero attached hydrogens (tertiary/aromatic N) is 4. The molecule has 1 aliphatic heterocycles. The molecule has 7 nitrogen and oxygen atoms in total. The van der Waals surface area contributed by atoms with Crippen molar-refractivity contribution in [2.45, 2.75) is 20.4 Å². The summed E-state index contributed by atoms with van der Waals surface area (Å²) in [6.07, 6.45) is 1.83. The number of halogens is 1. The molecule has 0 saturated carbocycles. The lowest BCUT2D eigenvalue weighted by Gasteiger charge is -2.37. The third-order valence-corrected chi connectivity index (χ3v) is 4.62. The van der Waals surface area contributed by atoms with Crippen LogP contribution in [-0.2, 0) is 6.54 Å². The number of anilines is 1. The number of rotatable bonds is 6. The highest BCUT2D eigenvalue weighted by Gasteiger charge is 2.20. The fourth-order valence-corrected chi connectivity index (χ4v) is 3.21. The van der Waals surface area contributed by atoms with E-state index in [1.165, 1.54) is 0 Å². The van der Waals surface area contributed by atoms with E-state index < -0.39 is 0 Å². The van der Waals surface area contributed by atoms with E-state index in [2.05, 4.69) is 33.1 Å². The topological polar surface area (TPSA) is 73.2 Å². The number of piperazine rings is 1. The van der Waals surface area contributed by atoms with Crippen molar-refractivity contribution in [3.63, 3.8) is 0 Å².